The molecule has 0 aliphatic heterocycles. The lowest BCUT2D eigenvalue weighted by Crippen LogP contribution is -2.36. The van der Waals surface area contributed by atoms with Gasteiger partial charge >= 0.3 is 5.72 Å². The number of hydrogen-bond acceptors (Lipinski definition) is 4. The lowest BCUT2D eigenvalue weighted by Gasteiger charge is -2.27. The minimum absolute atomic E-state index is 0.461. The lowest BCUT2D eigenvalue weighted by atomic mass is 10.00. The van der Waals surface area contributed by atoms with Gasteiger partial charge in [-0.05, 0) is 33.8 Å². The van der Waals surface area contributed by atoms with Crippen LogP contribution in [0.2, 0.25) is 0 Å². The highest BCUT2D eigenvalue weighted by Gasteiger charge is 2.53. The van der Waals surface area contributed by atoms with E-state index in [0.717, 1.165) is 18.8 Å². The molecule has 0 heterocycles. The Labute approximate surface area is 115 Å². The molecule has 1 aliphatic rings. The second-order valence-corrected chi connectivity index (χ2v) is 4.26. The van der Waals surface area contributed by atoms with E-state index < -0.39 is 5.72 Å². The van der Waals surface area contributed by atoms with Gasteiger partial charge < -0.3 is 9.64 Å². The SMILES string of the molecule is CCOC1=CC(N(CC)CC)=CCC1([N+]#N)OCC. The summed E-state index contributed by atoms with van der Waals surface area (Å²) in [6, 6.07) is 0. The summed E-state index contributed by atoms with van der Waals surface area (Å²) in [4.78, 5) is 5.66. The summed E-state index contributed by atoms with van der Waals surface area (Å²) in [5, 5.41) is 9.35. The van der Waals surface area contributed by atoms with Gasteiger partial charge in [0, 0.05) is 24.9 Å². The Hall–Kier alpha value is -1.54. The van der Waals surface area contributed by atoms with Crippen molar-refractivity contribution < 1.29 is 9.47 Å². The molecular formula is C14H24N3O2+. The van der Waals surface area contributed by atoms with Crippen molar-refractivity contribution in [2.45, 2.75) is 39.8 Å². The van der Waals surface area contributed by atoms with E-state index in [-0.39, 0.29) is 0 Å². The highest BCUT2D eigenvalue weighted by molar-refractivity contribution is 5.33. The molecule has 0 aromatic heterocycles. The minimum atomic E-state index is -1.08. The van der Waals surface area contributed by atoms with Crippen LogP contribution in [0.1, 0.15) is 34.1 Å². The lowest BCUT2D eigenvalue weighted by molar-refractivity contribution is -0.0204. The van der Waals surface area contributed by atoms with Gasteiger partial charge in [-0.1, -0.05) is 0 Å². The second-order valence-electron chi connectivity index (χ2n) is 4.26. The maximum Gasteiger partial charge on any atom is 0.488 e. The molecule has 106 valence electrons. The minimum Gasteiger partial charge on any atom is -0.488 e. The highest BCUT2D eigenvalue weighted by Crippen LogP contribution is 2.35. The van der Waals surface area contributed by atoms with Crippen LogP contribution in [0.3, 0.4) is 0 Å². The van der Waals surface area contributed by atoms with Crippen LogP contribution in [0.25, 0.3) is 4.98 Å². The van der Waals surface area contributed by atoms with Crippen LogP contribution in [-0.4, -0.2) is 36.9 Å². The van der Waals surface area contributed by atoms with Crippen LogP contribution in [0, 0.1) is 5.39 Å². The van der Waals surface area contributed by atoms with Crippen molar-refractivity contribution in [3.8, 4) is 0 Å². The molecule has 0 aromatic carbocycles. The van der Waals surface area contributed by atoms with E-state index in [1.165, 1.54) is 0 Å². The molecule has 0 radical (unpaired) electrons. The molecule has 1 aliphatic carbocycles. The molecule has 5 nitrogen and oxygen atoms in total. The van der Waals surface area contributed by atoms with Crippen LogP contribution in [0.4, 0.5) is 0 Å². The summed E-state index contributed by atoms with van der Waals surface area (Å²) in [5.74, 6) is 0.573. The highest BCUT2D eigenvalue weighted by atomic mass is 16.6. The number of allylic oxidation sites excluding steroid dienone is 1. The van der Waals surface area contributed by atoms with Crippen LogP contribution in [0.5, 0.6) is 0 Å². The average Bonchev–Trinajstić information content (AvgIpc) is 2.43. The molecule has 0 spiro atoms. The molecule has 0 N–H and O–H groups in total. The van der Waals surface area contributed by atoms with Crippen molar-refractivity contribution in [2.24, 2.45) is 0 Å². The van der Waals surface area contributed by atoms with Crippen molar-refractivity contribution in [3.63, 3.8) is 0 Å². The number of rotatable bonds is 7. The summed E-state index contributed by atoms with van der Waals surface area (Å²) in [6.45, 7) is 10.8. The Morgan fingerprint density at radius 2 is 1.95 bits per heavy atom. The maximum atomic E-state index is 9.35. The van der Waals surface area contributed by atoms with Crippen molar-refractivity contribution in [2.75, 3.05) is 26.3 Å². The molecule has 1 unspecified atom stereocenters. The third kappa shape index (κ3) is 3.27. The summed E-state index contributed by atoms with van der Waals surface area (Å²) < 4.78 is 11.2. The number of hydrogen-bond donors (Lipinski definition) is 0. The zero-order chi connectivity index (χ0) is 14.3. The Morgan fingerprint density at radius 3 is 2.42 bits per heavy atom. The van der Waals surface area contributed by atoms with Crippen LogP contribution in [0.15, 0.2) is 23.6 Å². The molecule has 5 heteroatoms. The van der Waals surface area contributed by atoms with Gasteiger partial charge in [0.15, 0.2) is 4.98 Å². The quantitative estimate of drug-likeness (QED) is 0.664. The fraction of sp³-hybridized carbons (Fsp3) is 0.714. The molecule has 0 saturated carbocycles. The van der Waals surface area contributed by atoms with E-state index in [4.69, 9.17) is 9.47 Å². The summed E-state index contributed by atoms with van der Waals surface area (Å²) in [6.07, 6.45) is 4.43. The van der Waals surface area contributed by atoms with Crippen molar-refractivity contribution in [1.82, 2.24) is 4.90 Å². The van der Waals surface area contributed by atoms with Crippen molar-refractivity contribution >= 4 is 0 Å². The Bertz CT molecular complexity index is 394. The fourth-order valence-electron chi connectivity index (χ4n) is 2.26. The zero-order valence-electron chi connectivity index (χ0n) is 12.3. The first-order chi connectivity index (χ1) is 9.17. The first-order valence-electron chi connectivity index (χ1n) is 6.97. The van der Waals surface area contributed by atoms with Crippen LogP contribution < -0.4 is 0 Å². The molecule has 0 saturated heterocycles. The molecule has 1 rings (SSSR count). The van der Waals surface area contributed by atoms with Gasteiger partial charge in [-0.15, -0.1) is 0 Å². The van der Waals surface area contributed by atoms with Crippen LogP contribution >= 0.6 is 0 Å². The van der Waals surface area contributed by atoms with Gasteiger partial charge in [0.2, 0.25) is 11.2 Å². The summed E-state index contributed by atoms with van der Waals surface area (Å²) >= 11 is 0. The second kappa shape index (κ2) is 7.15. The molecule has 0 fully saturated rings. The maximum absolute atomic E-state index is 9.35. The van der Waals surface area contributed by atoms with E-state index in [1.54, 1.807) is 0 Å². The molecule has 1 atom stereocenters. The molecule has 0 bridgehead atoms. The molecule has 0 amide bonds. The van der Waals surface area contributed by atoms with Crippen molar-refractivity contribution in [3.05, 3.63) is 28.6 Å². The predicted molar refractivity (Wildman–Crippen MR) is 74.8 cm³/mol. The first kappa shape index (κ1) is 15.5. The number of ether oxygens (including phenoxy) is 2. The van der Waals surface area contributed by atoms with Gasteiger partial charge in [-0.25, -0.2) is 0 Å². The summed E-state index contributed by atoms with van der Waals surface area (Å²) in [5.41, 5.74) is 0.00828. The van der Waals surface area contributed by atoms with Gasteiger partial charge in [-0.3, -0.25) is 4.74 Å². The Morgan fingerprint density at radius 1 is 1.26 bits per heavy atom. The number of likely N-dealkylation sites (N-methyl/N-ethyl adjacent to an activating group) is 1. The van der Waals surface area contributed by atoms with Gasteiger partial charge in [0.1, 0.15) is 0 Å². The third-order valence-corrected chi connectivity index (χ3v) is 3.22. The molecule has 0 aromatic rings. The zero-order valence-corrected chi connectivity index (χ0v) is 12.3. The van der Waals surface area contributed by atoms with Crippen LogP contribution in [-0.2, 0) is 9.47 Å². The third-order valence-electron chi connectivity index (χ3n) is 3.22. The van der Waals surface area contributed by atoms with Gasteiger partial charge in [0.25, 0.3) is 0 Å². The van der Waals surface area contributed by atoms with E-state index in [9.17, 15) is 5.39 Å². The standard InChI is InChI=1S/C14H24N3O2/c1-5-17(6-2)12-9-10-14(16-15,19-8-4)13(11-12)18-7-3/h9,11H,5-8,10H2,1-4H3/q+1. The summed E-state index contributed by atoms with van der Waals surface area (Å²) in [7, 11) is 0. The number of diazo groups is 1. The normalized spacial score (nSPS) is 22.3. The molecule has 19 heavy (non-hydrogen) atoms. The Balaban J connectivity index is 3.06. The topological polar surface area (TPSA) is 49.9 Å². The van der Waals surface area contributed by atoms with E-state index >= 15 is 0 Å². The monoisotopic (exact) mass is 266 g/mol. The van der Waals surface area contributed by atoms with E-state index in [1.807, 2.05) is 26.0 Å². The predicted octanol–water partition coefficient (Wildman–Crippen LogP) is 3.12. The smallest absolute Gasteiger partial charge is 0.488 e. The largest absolute Gasteiger partial charge is 0.488 e. The number of nitrogens with zero attached hydrogens (tertiary/aromatic N) is 3. The van der Waals surface area contributed by atoms with E-state index in [0.29, 0.717) is 25.4 Å². The fourth-order valence-corrected chi connectivity index (χ4v) is 2.26. The van der Waals surface area contributed by atoms with Crippen molar-refractivity contribution in [1.29, 1.82) is 5.39 Å². The average molecular weight is 266 g/mol. The first-order valence-corrected chi connectivity index (χ1v) is 6.97. The Kier molecular flexibility index (Phi) is 5.84. The van der Waals surface area contributed by atoms with Gasteiger partial charge in [0.05, 0.1) is 19.6 Å². The molecular weight excluding hydrogens is 242 g/mol. The van der Waals surface area contributed by atoms with Gasteiger partial charge in [-0.2, -0.15) is 0 Å². The van der Waals surface area contributed by atoms with E-state index in [2.05, 4.69) is 23.7 Å².